The summed E-state index contributed by atoms with van der Waals surface area (Å²) in [6.45, 7) is 4.60. The molecule has 3 aliphatic heterocycles. The lowest BCUT2D eigenvalue weighted by Gasteiger charge is -2.28. The Morgan fingerprint density at radius 3 is 2.69 bits per heavy atom. The zero-order valence-electron chi connectivity index (χ0n) is 16.2. The van der Waals surface area contributed by atoms with Gasteiger partial charge >= 0.3 is 0 Å². The van der Waals surface area contributed by atoms with Crippen LogP contribution >= 0.6 is 0 Å². The van der Waals surface area contributed by atoms with Crippen LogP contribution in [-0.2, 0) is 14.3 Å². The van der Waals surface area contributed by atoms with Crippen molar-refractivity contribution < 1.29 is 19.1 Å². The molecule has 0 bridgehead atoms. The molecule has 0 spiro atoms. The van der Waals surface area contributed by atoms with Crippen molar-refractivity contribution in [2.45, 2.75) is 5.92 Å². The highest BCUT2D eigenvalue weighted by molar-refractivity contribution is 6.15. The van der Waals surface area contributed by atoms with Gasteiger partial charge in [0.2, 0.25) is 11.7 Å². The Labute approximate surface area is 169 Å². The van der Waals surface area contributed by atoms with Gasteiger partial charge in [-0.1, -0.05) is 24.3 Å². The van der Waals surface area contributed by atoms with E-state index in [1.807, 2.05) is 18.2 Å². The molecule has 29 heavy (non-hydrogen) atoms. The fourth-order valence-electron chi connectivity index (χ4n) is 3.99. The second-order valence-corrected chi connectivity index (χ2v) is 7.74. The molecule has 5 rings (SSSR count). The average Bonchev–Trinajstić information content (AvgIpc) is 3.04. The standard InChI is InChI=1S/C22H23N3O4/c26-20-11-25(21(27)12-24-4-6-28-7-5-24)19-9-17(10-23-22(19)20)15-2-1-3-16(8-15)18-13-29-14-18/h1-3,8-10,18H,4-7,11-14H2. The number of amides is 1. The molecule has 2 aromatic rings. The second-order valence-electron chi connectivity index (χ2n) is 7.74. The van der Waals surface area contributed by atoms with Crippen LogP contribution in [0.3, 0.4) is 0 Å². The number of nitrogens with zero attached hydrogens (tertiary/aromatic N) is 3. The first-order valence-electron chi connectivity index (χ1n) is 10.0. The maximum absolute atomic E-state index is 12.9. The highest BCUT2D eigenvalue weighted by Crippen LogP contribution is 2.33. The van der Waals surface area contributed by atoms with Gasteiger partial charge in [0, 0.05) is 30.8 Å². The van der Waals surface area contributed by atoms with Gasteiger partial charge in [0.25, 0.3) is 0 Å². The number of anilines is 1. The average molecular weight is 393 g/mol. The van der Waals surface area contributed by atoms with E-state index in [0.29, 0.717) is 30.5 Å². The zero-order chi connectivity index (χ0) is 19.8. The number of pyridine rings is 1. The minimum atomic E-state index is -0.109. The van der Waals surface area contributed by atoms with Crippen LogP contribution in [0.5, 0.6) is 0 Å². The molecule has 0 aliphatic carbocycles. The quantitative estimate of drug-likeness (QED) is 0.788. The van der Waals surface area contributed by atoms with Crippen LogP contribution in [0.1, 0.15) is 22.0 Å². The molecule has 0 N–H and O–H groups in total. The maximum atomic E-state index is 12.9. The molecule has 3 aliphatic rings. The van der Waals surface area contributed by atoms with E-state index >= 15 is 0 Å². The van der Waals surface area contributed by atoms with E-state index in [1.165, 1.54) is 5.56 Å². The van der Waals surface area contributed by atoms with Crippen LogP contribution in [0.4, 0.5) is 5.69 Å². The molecule has 1 amide bonds. The summed E-state index contributed by atoms with van der Waals surface area (Å²) in [5.74, 6) is 0.256. The first-order chi connectivity index (χ1) is 14.2. The van der Waals surface area contributed by atoms with Crippen molar-refractivity contribution in [3.63, 3.8) is 0 Å². The molecule has 0 unspecified atom stereocenters. The summed E-state index contributed by atoms with van der Waals surface area (Å²) in [4.78, 5) is 33.4. The summed E-state index contributed by atoms with van der Waals surface area (Å²) in [5, 5.41) is 0. The zero-order valence-corrected chi connectivity index (χ0v) is 16.2. The number of ether oxygens (including phenoxy) is 2. The first kappa shape index (κ1) is 18.4. The summed E-state index contributed by atoms with van der Waals surface area (Å²) in [6.07, 6.45) is 1.73. The minimum Gasteiger partial charge on any atom is -0.380 e. The Kier molecular flexibility index (Phi) is 4.87. The Bertz CT molecular complexity index is 951. The number of morpholine rings is 1. The lowest BCUT2D eigenvalue weighted by molar-refractivity contribution is -0.120. The highest BCUT2D eigenvalue weighted by Gasteiger charge is 2.33. The number of carbonyl (C=O) groups excluding carboxylic acids is 2. The van der Waals surface area contributed by atoms with Crippen molar-refractivity contribution in [3.8, 4) is 11.1 Å². The van der Waals surface area contributed by atoms with Crippen molar-refractivity contribution in [1.82, 2.24) is 9.88 Å². The van der Waals surface area contributed by atoms with Gasteiger partial charge in [0.05, 0.1) is 45.2 Å². The molecule has 0 saturated carbocycles. The lowest BCUT2D eigenvalue weighted by atomic mass is 9.94. The fourth-order valence-corrected chi connectivity index (χ4v) is 3.99. The third-order valence-electron chi connectivity index (χ3n) is 5.82. The van der Waals surface area contributed by atoms with Gasteiger partial charge in [-0.3, -0.25) is 19.5 Å². The van der Waals surface area contributed by atoms with Crippen LogP contribution < -0.4 is 4.90 Å². The molecule has 0 atom stereocenters. The van der Waals surface area contributed by atoms with Gasteiger partial charge in [-0.15, -0.1) is 0 Å². The lowest BCUT2D eigenvalue weighted by Crippen LogP contribution is -2.44. The Balaban J connectivity index is 1.41. The predicted molar refractivity (Wildman–Crippen MR) is 107 cm³/mol. The number of fused-ring (bicyclic) bond motifs is 1. The van der Waals surface area contributed by atoms with Gasteiger partial charge in [0.1, 0.15) is 5.69 Å². The van der Waals surface area contributed by atoms with Crippen molar-refractivity contribution in [2.24, 2.45) is 0 Å². The molecule has 2 saturated heterocycles. The number of rotatable bonds is 4. The van der Waals surface area contributed by atoms with E-state index in [2.05, 4.69) is 22.0 Å². The van der Waals surface area contributed by atoms with Crippen LogP contribution in [-0.4, -0.2) is 74.2 Å². The van der Waals surface area contributed by atoms with Crippen LogP contribution in [0, 0.1) is 0 Å². The van der Waals surface area contributed by atoms with E-state index in [9.17, 15) is 9.59 Å². The van der Waals surface area contributed by atoms with Crippen LogP contribution in [0.2, 0.25) is 0 Å². The normalized spacial score (nSPS) is 19.9. The number of carbonyl (C=O) groups is 2. The van der Waals surface area contributed by atoms with E-state index in [1.54, 1.807) is 11.1 Å². The molecule has 1 aromatic heterocycles. The summed E-state index contributed by atoms with van der Waals surface area (Å²) in [7, 11) is 0. The molecule has 150 valence electrons. The summed E-state index contributed by atoms with van der Waals surface area (Å²) >= 11 is 0. The van der Waals surface area contributed by atoms with Gasteiger partial charge < -0.3 is 14.4 Å². The summed E-state index contributed by atoms with van der Waals surface area (Å²) in [6, 6.07) is 10.2. The van der Waals surface area contributed by atoms with Gasteiger partial charge in [0.15, 0.2) is 0 Å². The number of hydrogen-bond donors (Lipinski definition) is 0. The second kappa shape index (κ2) is 7.67. The van der Waals surface area contributed by atoms with Crippen molar-refractivity contribution in [3.05, 3.63) is 47.8 Å². The van der Waals surface area contributed by atoms with Crippen LogP contribution in [0.15, 0.2) is 36.5 Å². The third kappa shape index (κ3) is 3.57. The molecular weight excluding hydrogens is 370 g/mol. The molecule has 1 aromatic carbocycles. The molecule has 0 radical (unpaired) electrons. The molecule has 7 nitrogen and oxygen atoms in total. The predicted octanol–water partition coefficient (Wildman–Crippen LogP) is 1.72. The third-order valence-corrected chi connectivity index (χ3v) is 5.82. The topological polar surface area (TPSA) is 72.0 Å². The first-order valence-corrected chi connectivity index (χ1v) is 10.0. The number of aromatic nitrogens is 1. The number of ketones is 1. The van der Waals surface area contributed by atoms with E-state index in [4.69, 9.17) is 9.47 Å². The van der Waals surface area contributed by atoms with Gasteiger partial charge in [-0.25, -0.2) is 0 Å². The van der Waals surface area contributed by atoms with Crippen molar-refractivity contribution in [2.75, 3.05) is 57.5 Å². The Hall–Kier alpha value is -2.61. The van der Waals surface area contributed by atoms with E-state index in [0.717, 1.165) is 37.4 Å². The number of Topliss-reactive ketones (excluding diaryl/α,β-unsaturated/α-hetero) is 1. The summed E-state index contributed by atoms with van der Waals surface area (Å²) < 4.78 is 10.6. The van der Waals surface area contributed by atoms with E-state index < -0.39 is 0 Å². The molecule has 2 fully saturated rings. The maximum Gasteiger partial charge on any atom is 0.241 e. The van der Waals surface area contributed by atoms with Gasteiger partial charge in [-0.2, -0.15) is 0 Å². The van der Waals surface area contributed by atoms with Crippen LogP contribution in [0.25, 0.3) is 11.1 Å². The molecule has 4 heterocycles. The van der Waals surface area contributed by atoms with Gasteiger partial charge in [-0.05, 0) is 17.2 Å². The largest absolute Gasteiger partial charge is 0.380 e. The number of benzene rings is 1. The number of hydrogen-bond acceptors (Lipinski definition) is 6. The minimum absolute atomic E-state index is 0.0639. The highest BCUT2D eigenvalue weighted by atomic mass is 16.5. The SMILES string of the molecule is O=C1CN(C(=O)CN2CCOCC2)c2cc(-c3cccc(C4COC4)c3)cnc21. The fraction of sp³-hybridized carbons (Fsp3) is 0.409. The smallest absolute Gasteiger partial charge is 0.241 e. The molecular formula is C22H23N3O4. The molecule has 7 heteroatoms. The van der Waals surface area contributed by atoms with Crippen molar-refractivity contribution >= 4 is 17.4 Å². The Morgan fingerprint density at radius 2 is 1.93 bits per heavy atom. The summed E-state index contributed by atoms with van der Waals surface area (Å²) in [5.41, 5.74) is 4.18. The van der Waals surface area contributed by atoms with E-state index in [-0.39, 0.29) is 24.8 Å². The Morgan fingerprint density at radius 1 is 1.10 bits per heavy atom. The van der Waals surface area contributed by atoms with Crippen molar-refractivity contribution in [1.29, 1.82) is 0 Å². The monoisotopic (exact) mass is 393 g/mol.